The molecule has 1 aromatic rings. The fourth-order valence-corrected chi connectivity index (χ4v) is 2.58. The number of carboxylic acids is 3. The predicted octanol–water partition coefficient (Wildman–Crippen LogP) is 1.17. The van der Waals surface area contributed by atoms with Gasteiger partial charge in [-0.3, -0.25) is 9.59 Å². The van der Waals surface area contributed by atoms with Gasteiger partial charge in [0.05, 0.1) is 12.8 Å². The van der Waals surface area contributed by atoms with Crippen molar-refractivity contribution in [1.29, 1.82) is 0 Å². The Bertz CT molecular complexity index is 846. The summed E-state index contributed by atoms with van der Waals surface area (Å²) in [7, 11) is 0. The van der Waals surface area contributed by atoms with Crippen LogP contribution in [0.15, 0.2) is 24.3 Å². The zero-order valence-corrected chi connectivity index (χ0v) is 17.2. The maximum Gasteiger partial charge on any atom is 0.336 e. The van der Waals surface area contributed by atoms with Gasteiger partial charge >= 0.3 is 17.9 Å². The summed E-state index contributed by atoms with van der Waals surface area (Å²) in [4.78, 5) is 31.8. The zero-order chi connectivity index (χ0) is 28.3. The molecule has 0 saturated heterocycles. The maximum atomic E-state index is 10.3. The Morgan fingerprint density at radius 2 is 1.65 bits per heavy atom. The summed E-state index contributed by atoms with van der Waals surface area (Å²) in [5, 5.41) is 52.0. The number of likely N-dealkylation sites (N-methyl/N-ethyl adjacent to an activating group) is 1. The number of aliphatic hydroxyl groups is 2. The molecule has 10 heteroatoms. The number of rotatable bonds is 13. The molecule has 1 aromatic carbocycles. The smallest absolute Gasteiger partial charge is 0.336 e. The summed E-state index contributed by atoms with van der Waals surface area (Å²) in [6.45, 7) is -3.16. The first kappa shape index (κ1) is 20.2. The molecule has 0 saturated carbocycles. The van der Waals surface area contributed by atoms with Gasteiger partial charge in [-0.2, -0.15) is 0 Å². The van der Waals surface area contributed by atoms with Crippen molar-refractivity contribution >= 4 is 17.9 Å². The van der Waals surface area contributed by atoms with Crippen molar-refractivity contribution in [3.8, 4) is 5.75 Å². The molecule has 0 bridgehead atoms. The number of nitrogens with zero attached hydrogens (tertiary/aromatic N) is 1. The third-order valence-corrected chi connectivity index (χ3v) is 4.24. The minimum atomic E-state index is -2.75. The zero-order valence-electron chi connectivity index (χ0n) is 22.2. The van der Waals surface area contributed by atoms with Crippen molar-refractivity contribution in [2.24, 2.45) is 0 Å². The van der Waals surface area contributed by atoms with Crippen LogP contribution in [0.25, 0.3) is 0 Å². The van der Waals surface area contributed by atoms with E-state index in [0.29, 0.717) is 19.3 Å². The Morgan fingerprint density at radius 3 is 2.06 bits per heavy atom. The lowest BCUT2D eigenvalue weighted by molar-refractivity contribution is -0.170. The van der Waals surface area contributed by atoms with E-state index in [1.165, 1.54) is 4.90 Å². The first-order valence-electron chi connectivity index (χ1n) is 11.9. The number of aliphatic carboxylic acids is 3. The molecule has 0 fully saturated rings. The quantitative estimate of drug-likeness (QED) is 0.240. The number of hydrogen-bond donors (Lipinski definition) is 6. The van der Waals surface area contributed by atoms with Crippen LogP contribution in [0.3, 0.4) is 0 Å². The van der Waals surface area contributed by atoms with Crippen molar-refractivity contribution in [2.45, 2.75) is 57.5 Å². The molecule has 0 radical (unpaired) electrons. The molecule has 0 heterocycles. The number of carbonyl (C=O) groups is 3. The van der Waals surface area contributed by atoms with Gasteiger partial charge in [0.15, 0.2) is 5.60 Å². The Labute approximate surface area is 188 Å². The first-order valence-corrected chi connectivity index (χ1v) is 9.42. The van der Waals surface area contributed by atoms with Gasteiger partial charge in [-0.05, 0) is 56.9 Å². The maximum absolute atomic E-state index is 10.3. The Morgan fingerprint density at radius 1 is 1.10 bits per heavy atom. The number of benzene rings is 1. The number of unbranched alkanes of at least 4 members (excludes halogenated alkanes) is 1. The van der Waals surface area contributed by atoms with Crippen molar-refractivity contribution in [2.75, 3.05) is 19.6 Å². The Kier molecular flexibility index (Phi) is 9.36. The SMILES string of the molecule is O=C(O)CC(O)(CC(=O)O)C(=O)O.[2H]C([2H])([2H])C([2H])([2H])N(CCCCO)C(C)Cc1ccc(O)cc1. The third-order valence-electron chi connectivity index (χ3n) is 4.24. The van der Waals surface area contributed by atoms with Crippen LogP contribution >= 0.6 is 0 Å². The minimum absolute atomic E-state index is 0.00302. The van der Waals surface area contributed by atoms with Crippen LogP contribution in [0.4, 0.5) is 0 Å². The molecule has 10 nitrogen and oxygen atoms in total. The van der Waals surface area contributed by atoms with Gasteiger partial charge in [-0.15, -0.1) is 0 Å². The summed E-state index contributed by atoms with van der Waals surface area (Å²) in [5.74, 6) is -4.87. The molecule has 176 valence electrons. The van der Waals surface area contributed by atoms with Gasteiger partial charge in [0, 0.05) is 19.5 Å². The van der Waals surface area contributed by atoms with E-state index in [-0.39, 0.29) is 24.9 Å². The highest BCUT2D eigenvalue weighted by Gasteiger charge is 2.40. The summed E-state index contributed by atoms with van der Waals surface area (Å²) >= 11 is 0. The standard InChI is InChI=1S/C15H25NO2.C6H8O7/c1-3-16(10-4-5-11-17)13(2)12-14-6-8-15(18)9-7-14;7-3(8)1-6(13,5(11)12)2-4(9)10/h6-9,13,17-18H,3-5,10-12H2,1-2H3;13H,1-2H2,(H,7,8)(H,9,10)(H,11,12)/i1D3,3D2;. The van der Waals surface area contributed by atoms with Crippen LogP contribution in [-0.2, 0) is 20.8 Å². The van der Waals surface area contributed by atoms with E-state index in [0.717, 1.165) is 5.56 Å². The molecule has 0 spiro atoms. The average Bonchev–Trinajstić information content (AvgIpc) is 2.71. The number of hydrogen-bond acceptors (Lipinski definition) is 7. The van der Waals surface area contributed by atoms with E-state index in [1.807, 2.05) is 0 Å². The molecule has 1 rings (SSSR count). The van der Waals surface area contributed by atoms with Crippen molar-refractivity contribution in [1.82, 2.24) is 4.90 Å². The Hall–Kier alpha value is -2.69. The fourth-order valence-electron chi connectivity index (χ4n) is 2.58. The minimum Gasteiger partial charge on any atom is -0.508 e. The van der Waals surface area contributed by atoms with Crippen LogP contribution in [-0.4, -0.2) is 84.7 Å². The fraction of sp³-hybridized carbons (Fsp3) is 0.571. The summed E-state index contributed by atoms with van der Waals surface area (Å²) in [6, 6.07) is 6.24. The number of phenols is 1. The monoisotopic (exact) mass is 448 g/mol. The van der Waals surface area contributed by atoms with E-state index < -0.39 is 49.7 Å². The molecule has 6 N–H and O–H groups in total. The molecule has 0 amide bonds. The summed E-state index contributed by atoms with van der Waals surface area (Å²) in [6.07, 6.45) is -0.802. The van der Waals surface area contributed by atoms with E-state index in [9.17, 15) is 19.5 Å². The number of carboxylic acid groups (broad SMARTS) is 3. The average molecular weight is 449 g/mol. The molecule has 0 aliphatic rings. The lowest BCUT2D eigenvalue weighted by Gasteiger charge is -2.28. The van der Waals surface area contributed by atoms with E-state index in [1.54, 1.807) is 31.2 Å². The number of phenolic OH excluding ortho intramolecular Hbond substituents is 1. The highest BCUT2D eigenvalue weighted by molar-refractivity contribution is 5.88. The van der Waals surface area contributed by atoms with Gasteiger partial charge in [-0.1, -0.05) is 19.0 Å². The van der Waals surface area contributed by atoms with Crippen LogP contribution < -0.4 is 0 Å². The molecule has 0 aliphatic heterocycles. The second-order valence-corrected chi connectivity index (χ2v) is 6.93. The normalized spacial score (nSPS) is 15.3. The first-order chi connectivity index (χ1) is 16.4. The van der Waals surface area contributed by atoms with Crippen LogP contribution in [0.2, 0.25) is 0 Å². The van der Waals surface area contributed by atoms with Crippen LogP contribution in [0.1, 0.15) is 51.9 Å². The number of aliphatic hydroxyl groups excluding tert-OH is 1. The molecule has 31 heavy (non-hydrogen) atoms. The molecule has 1 atom stereocenters. The van der Waals surface area contributed by atoms with Gasteiger partial charge in [0.2, 0.25) is 0 Å². The van der Waals surface area contributed by atoms with Gasteiger partial charge < -0.3 is 35.5 Å². The third kappa shape index (κ3) is 11.9. The lowest BCUT2D eigenvalue weighted by Crippen LogP contribution is -2.42. The van der Waals surface area contributed by atoms with Crippen LogP contribution in [0.5, 0.6) is 5.75 Å². The van der Waals surface area contributed by atoms with Gasteiger partial charge in [-0.25, -0.2) is 4.79 Å². The number of aromatic hydroxyl groups is 1. The van der Waals surface area contributed by atoms with Gasteiger partial charge in [0.25, 0.3) is 0 Å². The second kappa shape index (κ2) is 14.3. The molecule has 0 aliphatic carbocycles. The van der Waals surface area contributed by atoms with Crippen molar-refractivity contribution < 1.29 is 51.9 Å². The largest absolute Gasteiger partial charge is 0.508 e. The van der Waals surface area contributed by atoms with Crippen molar-refractivity contribution in [3.63, 3.8) is 0 Å². The van der Waals surface area contributed by atoms with Gasteiger partial charge in [0.1, 0.15) is 5.75 Å². The van der Waals surface area contributed by atoms with E-state index in [2.05, 4.69) is 0 Å². The Balaban J connectivity index is 0.000000802. The van der Waals surface area contributed by atoms with Crippen molar-refractivity contribution in [3.05, 3.63) is 29.8 Å². The summed E-state index contributed by atoms with van der Waals surface area (Å²) < 4.78 is 38.5. The molecule has 0 aromatic heterocycles. The lowest BCUT2D eigenvalue weighted by atomic mass is 9.96. The second-order valence-electron chi connectivity index (χ2n) is 6.93. The topological polar surface area (TPSA) is 176 Å². The summed E-state index contributed by atoms with van der Waals surface area (Å²) in [5.41, 5.74) is -1.85. The van der Waals surface area contributed by atoms with E-state index in [4.69, 9.17) is 32.4 Å². The highest BCUT2D eigenvalue weighted by atomic mass is 16.4. The van der Waals surface area contributed by atoms with E-state index >= 15 is 0 Å². The predicted molar refractivity (Wildman–Crippen MR) is 112 cm³/mol. The molecular formula is C21H33NO9. The highest BCUT2D eigenvalue weighted by Crippen LogP contribution is 2.16. The van der Waals surface area contributed by atoms with Crippen LogP contribution in [0, 0.1) is 0 Å². The molecule has 1 unspecified atom stereocenters. The molecular weight excluding hydrogens is 410 g/mol.